The van der Waals surface area contributed by atoms with Gasteiger partial charge in [-0.1, -0.05) is 68.1 Å². The number of aliphatic imine (C=N–C) groups is 1. The highest BCUT2D eigenvalue weighted by molar-refractivity contribution is 8.14. The SMILES string of the molecule is CC(C)c1ccccc1N1CCSC1=NC(=O)NC1=C(c2ccc(-c3ncn(-c4ccc(OC(F)(F)F)cc4)n3)cc2)CCC1. The van der Waals surface area contributed by atoms with Gasteiger partial charge in [0.25, 0.3) is 0 Å². The molecule has 0 unspecified atom stereocenters. The minimum atomic E-state index is -4.75. The molecule has 4 aromatic rings. The third kappa shape index (κ3) is 7.06. The Morgan fingerprint density at radius 2 is 1.73 bits per heavy atom. The Bertz CT molecular complexity index is 1750. The molecule has 2 aliphatic rings. The third-order valence-electron chi connectivity index (χ3n) is 7.62. The van der Waals surface area contributed by atoms with Gasteiger partial charge in [0, 0.05) is 29.2 Å². The van der Waals surface area contributed by atoms with Crippen LogP contribution in [0.2, 0.25) is 0 Å². The van der Waals surface area contributed by atoms with Gasteiger partial charge in [-0.25, -0.2) is 14.5 Å². The summed E-state index contributed by atoms with van der Waals surface area (Å²) in [6.07, 6.45) is -0.706. The number of nitrogens with zero attached hydrogens (tertiary/aromatic N) is 5. The lowest BCUT2D eigenvalue weighted by Crippen LogP contribution is -2.28. The van der Waals surface area contributed by atoms with Crippen LogP contribution in [-0.4, -0.2) is 44.6 Å². The number of para-hydroxylation sites is 1. The van der Waals surface area contributed by atoms with Crippen molar-refractivity contribution >= 4 is 34.2 Å². The number of alkyl halides is 3. The highest BCUT2D eigenvalue weighted by atomic mass is 32.2. The molecule has 45 heavy (non-hydrogen) atoms. The quantitative estimate of drug-likeness (QED) is 0.221. The van der Waals surface area contributed by atoms with E-state index in [4.69, 9.17) is 0 Å². The van der Waals surface area contributed by atoms with Crippen LogP contribution in [0.1, 0.15) is 50.2 Å². The maximum atomic E-state index is 13.1. The number of hydrogen-bond donors (Lipinski definition) is 1. The van der Waals surface area contributed by atoms with E-state index in [1.807, 2.05) is 36.4 Å². The molecule has 1 saturated heterocycles. The molecule has 2 heterocycles. The van der Waals surface area contributed by atoms with Crippen molar-refractivity contribution in [3.05, 3.63) is 95.9 Å². The Labute approximate surface area is 263 Å². The molecule has 0 saturated carbocycles. The Morgan fingerprint density at radius 3 is 2.47 bits per heavy atom. The molecule has 0 atom stereocenters. The molecule has 1 fully saturated rings. The molecule has 1 aliphatic heterocycles. The number of anilines is 1. The van der Waals surface area contributed by atoms with Crippen molar-refractivity contribution in [1.29, 1.82) is 0 Å². The van der Waals surface area contributed by atoms with Crippen LogP contribution in [0.4, 0.5) is 23.7 Å². The Balaban J connectivity index is 1.15. The number of ether oxygens (including phenoxy) is 1. The van der Waals surface area contributed by atoms with Gasteiger partial charge in [-0.3, -0.25) is 0 Å². The number of urea groups is 1. The van der Waals surface area contributed by atoms with Crippen molar-refractivity contribution in [2.75, 3.05) is 17.2 Å². The second-order valence-electron chi connectivity index (χ2n) is 11.0. The first-order chi connectivity index (χ1) is 21.6. The lowest BCUT2D eigenvalue weighted by molar-refractivity contribution is -0.274. The van der Waals surface area contributed by atoms with Crippen molar-refractivity contribution in [1.82, 2.24) is 20.1 Å². The molecule has 1 aromatic heterocycles. The zero-order chi connectivity index (χ0) is 31.6. The van der Waals surface area contributed by atoms with E-state index in [9.17, 15) is 18.0 Å². The molecule has 1 N–H and O–H groups in total. The van der Waals surface area contributed by atoms with Crippen molar-refractivity contribution in [2.24, 2.45) is 4.99 Å². The second kappa shape index (κ2) is 12.8. The van der Waals surface area contributed by atoms with Crippen LogP contribution in [0.5, 0.6) is 5.75 Å². The van der Waals surface area contributed by atoms with Gasteiger partial charge in [0.05, 0.1) is 5.69 Å². The first-order valence-electron chi connectivity index (χ1n) is 14.6. The average molecular weight is 633 g/mol. The van der Waals surface area contributed by atoms with Crippen LogP contribution < -0.4 is 15.0 Å². The summed E-state index contributed by atoms with van der Waals surface area (Å²) < 4.78 is 42.8. The number of amides is 2. The molecule has 3 aromatic carbocycles. The van der Waals surface area contributed by atoms with Gasteiger partial charge >= 0.3 is 12.4 Å². The van der Waals surface area contributed by atoms with Crippen molar-refractivity contribution in [2.45, 2.75) is 45.4 Å². The highest BCUT2D eigenvalue weighted by Crippen LogP contribution is 2.35. The van der Waals surface area contributed by atoms with Crippen molar-refractivity contribution in [3.8, 4) is 22.8 Å². The molecule has 0 bridgehead atoms. The molecule has 0 radical (unpaired) electrons. The Morgan fingerprint density at radius 1 is 1.00 bits per heavy atom. The number of amidine groups is 1. The number of carbonyl (C=O) groups is 1. The van der Waals surface area contributed by atoms with Gasteiger partial charge in [-0.15, -0.1) is 18.3 Å². The lowest BCUT2D eigenvalue weighted by atomic mass is 10.0. The first-order valence-corrected chi connectivity index (χ1v) is 15.6. The predicted octanol–water partition coefficient (Wildman–Crippen LogP) is 8.17. The van der Waals surface area contributed by atoms with Gasteiger partial charge in [-0.2, -0.15) is 4.99 Å². The number of carbonyl (C=O) groups excluding carboxylic acids is 1. The minimum absolute atomic E-state index is 0.307. The van der Waals surface area contributed by atoms with E-state index in [0.29, 0.717) is 22.6 Å². The summed E-state index contributed by atoms with van der Waals surface area (Å²) in [5, 5.41) is 8.25. The van der Waals surface area contributed by atoms with E-state index in [0.717, 1.165) is 59.6 Å². The normalized spacial score (nSPS) is 16.2. The Hall–Kier alpha value is -4.58. The fourth-order valence-electron chi connectivity index (χ4n) is 5.52. The van der Waals surface area contributed by atoms with Gasteiger partial charge in [0.15, 0.2) is 11.0 Å². The lowest BCUT2D eigenvalue weighted by Gasteiger charge is -2.23. The number of benzene rings is 3. The summed E-state index contributed by atoms with van der Waals surface area (Å²) in [5.74, 6) is 1.39. The first kappa shape index (κ1) is 30.4. The molecule has 6 rings (SSSR count). The van der Waals surface area contributed by atoms with Crippen LogP contribution >= 0.6 is 11.8 Å². The molecule has 0 spiro atoms. The number of allylic oxidation sites excluding steroid dienone is 2. The maximum Gasteiger partial charge on any atom is 0.573 e. The van der Waals surface area contributed by atoms with E-state index < -0.39 is 6.36 Å². The zero-order valence-electron chi connectivity index (χ0n) is 24.7. The summed E-state index contributed by atoms with van der Waals surface area (Å²) >= 11 is 1.59. The summed E-state index contributed by atoms with van der Waals surface area (Å²) in [6.45, 7) is 5.13. The number of halogens is 3. The number of rotatable bonds is 7. The fourth-order valence-corrected chi connectivity index (χ4v) is 6.47. The average Bonchev–Trinajstić information content (AvgIpc) is 3.79. The van der Waals surface area contributed by atoms with Crippen LogP contribution in [-0.2, 0) is 0 Å². The Kier molecular flexibility index (Phi) is 8.66. The van der Waals surface area contributed by atoms with Crippen molar-refractivity contribution in [3.63, 3.8) is 0 Å². The van der Waals surface area contributed by atoms with Crippen molar-refractivity contribution < 1.29 is 22.7 Å². The van der Waals surface area contributed by atoms with Crippen LogP contribution in [0.15, 0.2) is 89.8 Å². The van der Waals surface area contributed by atoms with Gasteiger partial charge in [-0.05, 0) is 72.2 Å². The van der Waals surface area contributed by atoms with Gasteiger partial charge < -0.3 is 15.0 Å². The molecule has 232 valence electrons. The summed E-state index contributed by atoms with van der Waals surface area (Å²) in [6, 6.07) is 21.1. The highest BCUT2D eigenvalue weighted by Gasteiger charge is 2.31. The van der Waals surface area contributed by atoms with E-state index in [1.165, 1.54) is 40.8 Å². The van der Waals surface area contributed by atoms with E-state index >= 15 is 0 Å². The van der Waals surface area contributed by atoms with Crippen LogP contribution in [0.25, 0.3) is 22.6 Å². The predicted molar refractivity (Wildman–Crippen MR) is 171 cm³/mol. The molecule has 12 heteroatoms. The summed E-state index contributed by atoms with van der Waals surface area (Å²) in [4.78, 5) is 24.1. The molecular weight excluding hydrogens is 601 g/mol. The maximum absolute atomic E-state index is 13.1. The molecule has 1 aliphatic carbocycles. The second-order valence-corrected chi connectivity index (χ2v) is 12.0. The van der Waals surface area contributed by atoms with Gasteiger partial charge in [0.2, 0.25) is 0 Å². The van der Waals surface area contributed by atoms with Gasteiger partial charge in [0.1, 0.15) is 12.1 Å². The van der Waals surface area contributed by atoms with Crippen LogP contribution in [0, 0.1) is 0 Å². The molecule has 8 nitrogen and oxygen atoms in total. The van der Waals surface area contributed by atoms with Crippen LogP contribution in [0.3, 0.4) is 0 Å². The molecular formula is C33H31F3N6O2S. The summed E-state index contributed by atoms with van der Waals surface area (Å²) in [5.41, 5.74) is 6.62. The standard InChI is InChI=1S/C33H31F3N6O2S/c1-21(2)26-6-3-4-9-29(26)41-18-19-45-32(41)39-31(43)38-28-8-5-7-27(28)22-10-12-23(13-11-22)30-37-20-42(40-30)24-14-16-25(17-15-24)44-33(34,35)36/h3-4,6,9-17,20-21H,5,7-8,18-19H2,1-2H3,(H,38,43). The fraction of sp³-hybridized carbons (Fsp3) is 0.273. The number of aromatic nitrogens is 3. The largest absolute Gasteiger partial charge is 0.573 e. The van der Waals surface area contributed by atoms with E-state index in [1.54, 1.807) is 11.8 Å². The monoisotopic (exact) mass is 632 g/mol. The van der Waals surface area contributed by atoms with E-state index in [2.05, 4.69) is 56.0 Å². The summed E-state index contributed by atoms with van der Waals surface area (Å²) in [7, 11) is 0. The number of hydrogen-bond acceptors (Lipinski definition) is 5. The number of thioether (sulfide) groups is 1. The third-order valence-corrected chi connectivity index (χ3v) is 8.57. The smallest absolute Gasteiger partial charge is 0.406 e. The number of nitrogens with one attached hydrogen (secondary N) is 1. The zero-order valence-corrected chi connectivity index (χ0v) is 25.5. The molecule has 2 amide bonds. The minimum Gasteiger partial charge on any atom is -0.406 e. The van der Waals surface area contributed by atoms with E-state index in [-0.39, 0.29) is 11.8 Å². The topological polar surface area (TPSA) is 84.6 Å².